The predicted molar refractivity (Wildman–Crippen MR) is 108 cm³/mol. The highest BCUT2D eigenvalue weighted by Gasteiger charge is 2.21. The predicted octanol–water partition coefficient (Wildman–Crippen LogP) is 3.41. The number of benzene rings is 2. The van der Waals surface area contributed by atoms with Gasteiger partial charge in [0.2, 0.25) is 10.0 Å². The molecule has 2 aromatic rings. The monoisotopic (exact) mass is 457 g/mol. The van der Waals surface area contributed by atoms with Crippen LogP contribution in [0.3, 0.4) is 0 Å². The second-order valence-electron chi connectivity index (χ2n) is 5.49. The van der Waals surface area contributed by atoms with Crippen molar-refractivity contribution in [3.63, 3.8) is 0 Å². The van der Waals surface area contributed by atoms with E-state index in [1.165, 1.54) is 0 Å². The minimum Gasteiger partial charge on any atom is -0.271 e. The van der Waals surface area contributed by atoms with E-state index in [0.29, 0.717) is 20.9 Å². The molecule has 2 rings (SSSR count). The van der Waals surface area contributed by atoms with Gasteiger partial charge in [0.1, 0.15) is 6.54 Å². The minimum absolute atomic E-state index is 0.382. The van der Waals surface area contributed by atoms with Gasteiger partial charge in [0, 0.05) is 9.50 Å². The Hall–Kier alpha value is -1.90. The van der Waals surface area contributed by atoms with Crippen molar-refractivity contribution in [2.45, 2.75) is 6.92 Å². The smallest absolute Gasteiger partial charge is 0.260 e. The van der Waals surface area contributed by atoms with E-state index in [1.807, 2.05) is 0 Å². The molecule has 0 aliphatic rings. The maximum atomic E-state index is 12.2. The highest BCUT2D eigenvalue weighted by molar-refractivity contribution is 9.10. The molecule has 9 heteroatoms. The fraction of sp³-hybridized carbons (Fsp3) is 0.176. The normalized spacial score (nSPS) is 11.9. The van der Waals surface area contributed by atoms with Crippen molar-refractivity contribution in [2.24, 2.45) is 5.10 Å². The van der Waals surface area contributed by atoms with Crippen molar-refractivity contribution >= 4 is 54.9 Å². The van der Waals surface area contributed by atoms with Crippen molar-refractivity contribution in [3.8, 4) is 0 Å². The van der Waals surface area contributed by atoms with Gasteiger partial charge in [-0.2, -0.15) is 5.10 Å². The van der Waals surface area contributed by atoms with Crippen LogP contribution in [0, 0.1) is 0 Å². The van der Waals surface area contributed by atoms with Crippen LogP contribution in [0.15, 0.2) is 58.1 Å². The number of rotatable bonds is 6. The first-order valence-electron chi connectivity index (χ1n) is 7.49. The number of carbonyl (C=O) groups is 1. The standard InChI is InChI=1S/C17H17BrClN3O3S/c1-12(13-6-8-15(19)9-7-13)20-21-17(23)11-22(26(2,24)25)16-5-3-4-14(18)10-16/h3-10H,11H2,1-2H3,(H,21,23)/b20-12-. The molecule has 1 amide bonds. The summed E-state index contributed by atoms with van der Waals surface area (Å²) >= 11 is 9.13. The van der Waals surface area contributed by atoms with Crippen LogP contribution in [0.4, 0.5) is 5.69 Å². The van der Waals surface area contributed by atoms with E-state index in [4.69, 9.17) is 11.6 Å². The highest BCUT2D eigenvalue weighted by Crippen LogP contribution is 2.21. The lowest BCUT2D eigenvalue weighted by molar-refractivity contribution is -0.119. The van der Waals surface area contributed by atoms with Crippen LogP contribution in [0.5, 0.6) is 0 Å². The molecule has 0 unspecified atom stereocenters. The molecule has 0 saturated carbocycles. The number of nitrogens with one attached hydrogen (secondary N) is 1. The topological polar surface area (TPSA) is 78.8 Å². The van der Waals surface area contributed by atoms with Gasteiger partial charge in [-0.05, 0) is 42.8 Å². The van der Waals surface area contributed by atoms with E-state index in [2.05, 4.69) is 26.5 Å². The molecule has 0 bridgehead atoms. The van der Waals surface area contributed by atoms with Crippen molar-refractivity contribution < 1.29 is 13.2 Å². The Balaban J connectivity index is 2.12. The van der Waals surface area contributed by atoms with Gasteiger partial charge < -0.3 is 0 Å². The fourth-order valence-corrected chi connectivity index (χ4v) is 3.46. The summed E-state index contributed by atoms with van der Waals surface area (Å²) in [7, 11) is -3.64. The van der Waals surface area contributed by atoms with Crippen LogP contribution in [0.25, 0.3) is 0 Å². The first-order chi connectivity index (χ1) is 12.2. The Kier molecular flexibility index (Phi) is 6.80. The van der Waals surface area contributed by atoms with E-state index in [9.17, 15) is 13.2 Å². The Morgan fingerprint density at radius 3 is 2.46 bits per heavy atom. The molecule has 6 nitrogen and oxygen atoms in total. The molecule has 0 atom stereocenters. The van der Waals surface area contributed by atoms with Crippen LogP contribution in [-0.4, -0.2) is 32.8 Å². The third-order valence-corrected chi connectivity index (χ3v) is 5.28. The number of hydrazone groups is 1. The number of hydrogen-bond acceptors (Lipinski definition) is 4. The van der Waals surface area contributed by atoms with Crippen molar-refractivity contribution in [1.29, 1.82) is 0 Å². The molecule has 0 fully saturated rings. The molecular formula is C17H17BrClN3O3S. The first-order valence-corrected chi connectivity index (χ1v) is 10.5. The molecule has 0 aliphatic carbocycles. The Morgan fingerprint density at radius 2 is 1.88 bits per heavy atom. The van der Waals surface area contributed by atoms with E-state index in [-0.39, 0.29) is 6.54 Å². The third kappa shape index (κ3) is 5.82. The van der Waals surface area contributed by atoms with Gasteiger partial charge in [0.25, 0.3) is 5.91 Å². The van der Waals surface area contributed by atoms with Crippen LogP contribution >= 0.6 is 27.5 Å². The van der Waals surface area contributed by atoms with Gasteiger partial charge >= 0.3 is 0 Å². The number of amides is 1. The number of hydrogen-bond donors (Lipinski definition) is 1. The van der Waals surface area contributed by atoms with Crippen molar-refractivity contribution in [1.82, 2.24) is 5.43 Å². The molecular weight excluding hydrogens is 442 g/mol. The second kappa shape index (κ2) is 8.66. The Bertz CT molecular complexity index is 931. The number of anilines is 1. The molecule has 26 heavy (non-hydrogen) atoms. The lowest BCUT2D eigenvalue weighted by Gasteiger charge is -2.21. The summed E-state index contributed by atoms with van der Waals surface area (Å²) in [5.74, 6) is -0.552. The molecule has 138 valence electrons. The SMILES string of the molecule is C/C(=N/NC(=O)CN(c1cccc(Br)c1)S(C)(=O)=O)c1ccc(Cl)cc1. The first kappa shape index (κ1) is 20.4. The number of halogens is 2. The van der Waals surface area contributed by atoms with E-state index < -0.39 is 15.9 Å². The average Bonchev–Trinajstić information content (AvgIpc) is 2.57. The summed E-state index contributed by atoms with van der Waals surface area (Å²) in [6, 6.07) is 13.7. The van der Waals surface area contributed by atoms with Crippen LogP contribution in [-0.2, 0) is 14.8 Å². The molecule has 0 aliphatic heterocycles. The van der Waals surface area contributed by atoms with Crippen molar-refractivity contribution in [2.75, 3.05) is 17.1 Å². The van der Waals surface area contributed by atoms with Gasteiger partial charge in [0.05, 0.1) is 17.7 Å². The largest absolute Gasteiger partial charge is 0.271 e. The maximum Gasteiger partial charge on any atom is 0.260 e. The molecule has 2 aromatic carbocycles. The fourth-order valence-electron chi connectivity index (χ4n) is 2.10. The summed E-state index contributed by atoms with van der Waals surface area (Å²) in [4.78, 5) is 12.2. The quantitative estimate of drug-likeness (QED) is 0.532. The minimum atomic E-state index is -3.64. The zero-order chi connectivity index (χ0) is 19.3. The summed E-state index contributed by atoms with van der Waals surface area (Å²) < 4.78 is 25.8. The van der Waals surface area contributed by atoms with E-state index >= 15 is 0 Å². The molecule has 0 aromatic heterocycles. The van der Waals surface area contributed by atoms with E-state index in [0.717, 1.165) is 16.1 Å². The summed E-state index contributed by atoms with van der Waals surface area (Å²) in [6.45, 7) is 1.35. The van der Waals surface area contributed by atoms with Gasteiger partial charge in [-0.1, -0.05) is 45.7 Å². The maximum absolute atomic E-state index is 12.2. The van der Waals surface area contributed by atoms with Crippen LogP contribution in [0.2, 0.25) is 5.02 Å². The Labute approximate surface area is 166 Å². The van der Waals surface area contributed by atoms with Gasteiger partial charge in [-0.15, -0.1) is 0 Å². The number of carbonyl (C=O) groups excluding carboxylic acids is 1. The molecule has 0 saturated heterocycles. The molecule has 0 spiro atoms. The molecule has 0 radical (unpaired) electrons. The van der Waals surface area contributed by atoms with Crippen LogP contribution < -0.4 is 9.73 Å². The van der Waals surface area contributed by atoms with Gasteiger partial charge in [-0.25, -0.2) is 13.8 Å². The van der Waals surface area contributed by atoms with Crippen molar-refractivity contribution in [3.05, 3.63) is 63.6 Å². The van der Waals surface area contributed by atoms with E-state index in [1.54, 1.807) is 55.5 Å². The van der Waals surface area contributed by atoms with Gasteiger partial charge in [-0.3, -0.25) is 9.10 Å². The summed E-state index contributed by atoms with van der Waals surface area (Å²) in [5.41, 5.74) is 4.13. The average molecular weight is 459 g/mol. The third-order valence-electron chi connectivity index (χ3n) is 3.39. The zero-order valence-electron chi connectivity index (χ0n) is 14.1. The molecule has 1 N–H and O–H groups in total. The number of sulfonamides is 1. The summed E-state index contributed by atoms with van der Waals surface area (Å²) in [5, 5.41) is 4.61. The van der Waals surface area contributed by atoms with Gasteiger partial charge in [0.15, 0.2) is 0 Å². The summed E-state index contributed by atoms with van der Waals surface area (Å²) in [6.07, 6.45) is 1.05. The second-order valence-corrected chi connectivity index (χ2v) is 8.75. The Morgan fingerprint density at radius 1 is 1.23 bits per heavy atom. The zero-order valence-corrected chi connectivity index (χ0v) is 17.3. The molecule has 0 heterocycles. The van der Waals surface area contributed by atoms with Crippen LogP contribution in [0.1, 0.15) is 12.5 Å². The highest BCUT2D eigenvalue weighted by atomic mass is 79.9. The lowest BCUT2D eigenvalue weighted by Crippen LogP contribution is -2.39. The lowest BCUT2D eigenvalue weighted by atomic mass is 10.1. The number of nitrogens with zero attached hydrogens (tertiary/aromatic N) is 2.